The van der Waals surface area contributed by atoms with Gasteiger partial charge in [0.2, 0.25) is 0 Å². The normalized spacial score (nSPS) is 11.2. The number of hydrogen-bond donors (Lipinski definition) is 1. The van der Waals surface area contributed by atoms with E-state index in [-0.39, 0.29) is 5.75 Å². The summed E-state index contributed by atoms with van der Waals surface area (Å²) in [6, 6.07) is 3.21. The van der Waals surface area contributed by atoms with E-state index in [1.165, 1.54) is 0 Å². The highest BCUT2D eigenvalue weighted by Crippen LogP contribution is 2.31. The molecule has 0 radical (unpaired) electrons. The zero-order valence-electron chi connectivity index (χ0n) is 11.8. The second-order valence-electron chi connectivity index (χ2n) is 4.78. The van der Waals surface area contributed by atoms with E-state index in [1.807, 2.05) is 30.9 Å². The lowest BCUT2D eigenvalue weighted by Crippen LogP contribution is -2.29. The van der Waals surface area contributed by atoms with Gasteiger partial charge in [-0.15, -0.1) is 0 Å². The van der Waals surface area contributed by atoms with E-state index >= 15 is 0 Å². The van der Waals surface area contributed by atoms with Crippen LogP contribution >= 0.6 is 0 Å². The Kier molecular flexibility index (Phi) is 5.35. The van der Waals surface area contributed by atoms with Crippen molar-refractivity contribution in [2.24, 2.45) is 0 Å². The third-order valence-corrected chi connectivity index (χ3v) is 2.83. The predicted octanol–water partition coefficient (Wildman–Crippen LogP) is 2.18. The molecule has 4 nitrogen and oxygen atoms in total. The van der Waals surface area contributed by atoms with Crippen LogP contribution in [0, 0.1) is 6.92 Å². The quantitative estimate of drug-likeness (QED) is 0.807. The summed E-state index contributed by atoms with van der Waals surface area (Å²) >= 11 is 0. The number of ether oxygens (including phenoxy) is 1. The molecule has 0 aliphatic carbocycles. The number of nitrogens with two attached hydrogens (primary N) is 1. The number of hydrogen-bond acceptors (Lipinski definition) is 4. The number of anilines is 2. The number of nitrogens with zero attached hydrogens (tertiary/aromatic N) is 2. The van der Waals surface area contributed by atoms with E-state index in [0.717, 1.165) is 13.1 Å². The van der Waals surface area contributed by atoms with Gasteiger partial charge in [0.1, 0.15) is 5.75 Å². The predicted molar refractivity (Wildman–Crippen MR) is 74.0 cm³/mol. The molecule has 0 amide bonds. The summed E-state index contributed by atoms with van der Waals surface area (Å²) < 4.78 is 29.1. The average Bonchev–Trinajstić information content (AvgIpc) is 2.29. The molecule has 0 spiro atoms. The molecule has 0 saturated heterocycles. The number of aryl methyl sites for hydroxylation is 1. The van der Waals surface area contributed by atoms with E-state index in [4.69, 9.17) is 5.73 Å². The van der Waals surface area contributed by atoms with Gasteiger partial charge in [-0.1, -0.05) is 0 Å². The van der Waals surface area contributed by atoms with Crippen LogP contribution in [0.4, 0.5) is 20.2 Å². The molecule has 6 heteroatoms. The Bertz CT molecular complexity index is 425. The van der Waals surface area contributed by atoms with Crippen LogP contribution in [0.1, 0.15) is 5.56 Å². The van der Waals surface area contributed by atoms with Crippen molar-refractivity contribution in [2.75, 3.05) is 44.9 Å². The molecule has 0 aliphatic rings. The minimum atomic E-state index is -2.83. The molecule has 0 saturated carbocycles. The number of nitrogen functional groups attached to an aromatic ring is 1. The van der Waals surface area contributed by atoms with E-state index in [9.17, 15) is 8.78 Å². The topological polar surface area (TPSA) is 41.7 Å². The Morgan fingerprint density at radius 2 is 1.84 bits per heavy atom. The smallest absolute Gasteiger partial charge is 0.387 e. The first-order valence-corrected chi connectivity index (χ1v) is 6.02. The summed E-state index contributed by atoms with van der Waals surface area (Å²) in [5.74, 6) is 0.163. The molecule has 0 fully saturated rings. The van der Waals surface area contributed by atoms with Crippen molar-refractivity contribution in [3.05, 3.63) is 17.7 Å². The maximum absolute atomic E-state index is 12.3. The molecule has 19 heavy (non-hydrogen) atoms. The molecule has 0 heterocycles. The molecule has 0 unspecified atom stereocenters. The van der Waals surface area contributed by atoms with Crippen LogP contribution < -0.4 is 15.4 Å². The Morgan fingerprint density at radius 1 is 1.21 bits per heavy atom. The van der Waals surface area contributed by atoms with Crippen LogP contribution in [-0.4, -0.2) is 45.7 Å². The van der Waals surface area contributed by atoms with Crippen LogP contribution in [-0.2, 0) is 0 Å². The summed E-state index contributed by atoms with van der Waals surface area (Å²) in [5.41, 5.74) is 7.78. The van der Waals surface area contributed by atoms with Gasteiger partial charge in [0.15, 0.2) is 0 Å². The summed E-state index contributed by atoms with van der Waals surface area (Å²) in [5, 5.41) is 0. The number of likely N-dealkylation sites (N-methyl/N-ethyl adjacent to an activating group) is 2. The van der Waals surface area contributed by atoms with Gasteiger partial charge in [-0.3, -0.25) is 0 Å². The average molecular weight is 273 g/mol. The molecule has 0 atom stereocenters. The van der Waals surface area contributed by atoms with Crippen LogP contribution in [0.25, 0.3) is 0 Å². The summed E-state index contributed by atoms with van der Waals surface area (Å²) in [6.07, 6.45) is 0. The maximum Gasteiger partial charge on any atom is 0.387 e. The SMILES string of the molecule is Cc1cc(N)c(N(C)CCN(C)C)cc1OC(F)F. The zero-order valence-corrected chi connectivity index (χ0v) is 11.8. The van der Waals surface area contributed by atoms with E-state index in [2.05, 4.69) is 4.74 Å². The van der Waals surface area contributed by atoms with Gasteiger partial charge in [0.05, 0.1) is 11.4 Å². The van der Waals surface area contributed by atoms with Crippen molar-refractivity contribution in [3.8, 4) is 5.75 Å². The number of benzene rings is 1. The minimum Gasteiger partial charge on any atom is -0.434 e. The fraction of sp³-hybridized carbons (Fsp3) is 0.538. The lowest BCUT2D eigenvalue weighted by molar-refractivity contribution is -0.0502. The van der Waals surface area contributed by atoms with Crippen LogP contribution in [0.2, 0.25) is 0 Å². The van der Waals surface area contributed by atoms with Gasteiger partial charge in [0.25, 0.3) is 0 Å². The van der Waals surface area contributed by atoms with Gasteiger partial charge in [-0.2, -0.15) is 8.78 Å². The van der Waals surface area contributed by atoms with Crippen molar-refractivity contribution >= 4 is 11.4 Å². The molecule has 1 aromatic carbocycles. The van der Waals surface area contributed by atoms with Crippen molar-refractivity contribution in [1.82, 2.24) is 4.90 Å². The fourth-order valence-electron chi connectivity index (χ4n) is 1.72. The molecular formula is C13H21F2N3O. The minimum absolute atomic E-state index is 0.163. The highest BCUT2D eigenvalue weighted by atomic mass is 19.3. The first-order valence-electron chi connectivity index (χ1n) is 6.02. The number of halogens is 2. The summed E-state index contributed by atoms with van der Waals surface area (Å²) in [4.78, 5) is 3.96. The van der Waals surface area contributed by atoms with Gasteiger partial charge >= 0.3 is 6.61 Å². The lowest BCUT2D eigenvalue weighted by atomic mass is 10.1. The standard InChI is InChI=1S/C13H21F2N3O/c1-9-7-10(16)11(8-12(9)19-13(14)15)18(4)6-5-17(2)3/h7-8,13H,5-6,16H2,1-4H3. The molecular weight excluding hydrogens is 252 g/mol. The summed E-state index contributed by atoms with van der Waals surface area (Å²) in [7, 11) is 5.81. The number of rotatable bonds is 6. The number of alkyl halides is 2. The monoisotopic (exact) mass is 273 g/mol. The second kappa shape index (κ2) is 6.56. The van der Waals surface area contributed by atoms with Crippen molar-refractivity contribution in [1.29, 1.82) is 0 Å². The second-order valence-corrected chi connectivity index (χ2v) is 4.78. The van der Waals surface area contributed by atoms with Crippen molar-refractivity contribution < 1.29 is 13.5 Å². The van der Waals surface area contributed by atoms with Crippen LogP contribution in [0.5, 0.6) is 5.75 Å². The lowest BCUT2D eigenvalue weighted by Gasteiger charge is -2.24. The van der Waals surface area contributed by atoms with Crippen LogP contribution in [0.15, 0.2) is 12.1 Å². The van der Waals surface area contributed by atoms with Crippen molar-refractivity contribution in [3.63, 3.8) is 0 Å². The molecule has 0 aromatic heterocycles. The first kappa shape index (κ1) is 15.5. The molecule has 1 rings (SSSR count). The summed E-state index contributed by atoms with van der Waals surface area (Å²) in [6.45, 7) is 0.447. The molecule has 0 bridgehead atoms. The first-order chi connectivity index (χ1) is 8.81. The Balaban J connectivity index is 2.93. The molecule has 1 aromatic rings. The highest BCUT2D eigenvalue weighted by Gasteiger charge is 2.13. The molecule has 108 valence electrons. The van der Waals surface area contributed by atoms with E-state index in [0.29, 0.717) is 16.9 Å². The third-order valence-electron chi connectivity index (χ3n) is 2.83. The van der Waals surface area contributed by atoms with Crippen molar-refractivity contribution in [2.45, 2.75) is 13.5 Å². The van der Waals surface area contributed by atoms with Gasteiger partial charge in [-0.05, 0) is 32.6 Å². The van der Waals surface area contributed by atoms with E-state index in [1.54, 1.807) is 19.1 Å². The van der Waals surface area contributed by atoms with Gasteiger partial charge in [0, 0.05) is 26.2 Å². The van der Waals surface area contributed by atoms with E-state index < -0.39 is 6.61 Å². The zero-order chi connectivity index (χ0) is 14.6. The third kappa shape index (κ3) is 4.55. The highest BCUT2D eigenvalue weighted by molar-refractivity contribution is 5.71. The Hall–Kier alpha value is -1.56. The Labute approximate surface area is 112 Å². The van der Waals surface area contributed by atoms with Crippen LogP contribution in [0.3, 0.4) is 0 Å². The largest absolute Gasteiger partial charge is 0.434 e. The fourth-order valence-corrected chi connectivity index (χ4v) is 1.72. The molecule has 2 N–H and O–H groups in total. The maximum atomic E-state index is 12.3. The van der Waals surface area contributed by atoms with Gasteiger partial charge < -0.3 is 20.3 Å². The Morgan fingerprint density at radius 3 is 2.37 bits per heavy atom. The van der Waals surface area contributed by atoms with Gasteiger partial charge in [-0.25, -0.2) is 0 Å². The molecule has 0 aliphatic heterocycles.